The summed E-state index contributed by atoms with van der Waals surface area (Å²) in [7, 11) is 0. The maximum atomic E-state index is 4.54. The van der Waals surface area contributed by atoms with Gasteiger partial charge < -0.3 is 0 Å². The molecule has 3 aliphatic rings. The highest BCUT2D eigenvalue weighted by Gasteiger charge is 2.32. The minimum atomic E-state index is 0.331. The van der Waals surface area contributed by atoms with Gasteiger partial charge in [0.25, 0.3) is 0 Å². The van der Waals surface area contributed by atoms with Gasteiger partial charge in [-0.05, 0) is 56.1 Å². The van der Waals surface area contributed by atoms with Crippen LogP contribution in [0.3, 0.4) is 0 Å². The predicted molar refractivity (Wildman–Crippen MR) is 97.5 cm³/mol. The highest BCUT2D eigenvalue weighted by molar-refractivity contribution is 9.11. The third-order valence-electron chi connectivity index (χ3n) is 4.54. The fourth-order valence-electron chi connectivity index (χ4n) is 3.59. The van der Waals surface area contributed by atoms with Crippen LogP contribution in [0.15, 0.2) is 44.1 Å². The molecule has 0 saturated heterocycles. The molecule has 5 rings (SSSR count). The van der Waals surface area contributed by atoms with Crippen LogP contribution in [0.2, 0.25) is 0 Å². The van der Waals surface area contributed by atoms with Crippen LogP contribution in [0.5, 0.6) is 0 Å². The van der Waals surface area contributed by atoms with Crippen molar-refractivity contribution in [1.29, 1.82) is 0 Å². The van der Waals surface area contributed by atoms with Gasteiger partial charge in [0.15, 0.2) is 0 Å². The van der Waals surface area contributed by atoms with Crippen molar-refractivity contribution in [2.45, 2.75) is 6.92 Å². The van der Waals surface area contributed by atoms with Gasteiger partial charge in [-0.1, -0.05) is 25.1 Å². The van der Waals surface area contributed by atoms with Crippen LogP contribution < -0.4 is 10.4 Å². The first-order valence-corrected chi connectivity index (χ1v) is 8.81. The molecule has 0 bridgehead atoms. The van der Waals surface area contributed by atoms with E-state index < -0.39 is 0 Å². The Morgan fingerprint density at radius 3 is 2.91 bits per heavy atom. The fraction of sp³-hybridized carbons (Fsp3) is 0.111. The van der Waals surface area contributed by atoms with E-state index in [1.165, 1.54) is 35.8 Å². The number of nitrogens with zero attached hydrogens (tertiary/aromatic N) is 2. The number of rotatable bonds is 1. The molecule has 22 heavy (non-hydrogen) atoms. The average molecular weight is 367 g/mol. The van der Waals surface area contributed by atoms with Gasteiger partial charge in [0.1, 0.15) is 6.34 Å². The second kappa shape index (κ2) is 4.37. The van der Waals surface area contributed by atoms with E-state index in [9.17, 15) is 0 Å². The van der Waals surface area contributed by atoms with E-state index in [1.54, 1.807) is 17.7 Å². The molecule has 1 unspecified atom stereocenters. The normalized spacial score (nSPS) is 20.9. The molecule has 2 nitrogen and oxygen atoms in total. The van der Waals surface area contributed by atoms with Gasteiger partial charge in [0, 0.05) is 16.0 Å². The second-order valence-electron chi connectivity index (χ2n) is 5.68. The molecular weight excluding hydrogens is 356 g/mol. The third-order valence-corrected chi connectivity index (χ3v) is 6.22. The lowest BCUT2D eigenvalue weighted by Gasteiger charge is -2.22. The molecule has 0 N–H and O–H groups in total. The molecule has 0 saturated carbocycles. The second-order valence-corrected chi connectivity index (χ2v) is 8.14. The average Bonchev–Trinajstić information content (AvgIpc) is 3.19. The smallest absolute Gasteiger partial charge is 0.116 e. The molecule has 0 radical (unpaired) electrons. The summed E-state index contributed by atoms with van der Waals surface area (Å²) in [5.41, 5.74) is 6.09. The van der Waals surface area contributed by atoms with Gasteiger partial charge in [-0.15, -0.1) is 11.3 Å². The highest BCUT2D eigenvalue weighted by atomic mass is 79.9. The van der Waals surface area contributed by atoms with Crippen molar-refractivity contribution in [3.8, 4) is 0 Å². The Hall–Kier alpha value is -1.78. The van der Waals surface area contributed by atoms with Crippen LogP contribution >= 0.6 is 27.3 Å². The number of hydrogen-bond acceptors (Lipinski definition) is 3. The minimum Gasteiger partial charge on any atom is -0.234 e. The predicted octanol–water partition coefficient (Wildman–Crippen LogP) is 3.46. The monoisotopic (exact) mass is 366 g/mol. The van der Waals surface area contributed by atoms with E-state index in [4.69, 9.17) is 0 Å². The summed E-state index contributed by atoms with van der Waals surface area (Å²) in [5.74, 6) is 0.331. The molecule has 1 aromatic heterocycles. The van der Waals surface area contributed by atoms with Crippen molar-refractivity contribution in [1.82, 2.24) is 0 Å². The van der Waals surface area contributed by atoms with Crippen LogP contribution in [0, 0.1) is 5.92 Å². The molecule has 2 aromatic rings. The molecule has 1 aromatic carbocycles. The molecule has 2 aliphatic carbocycles. The summed E-state index contributed by atoms with van der Waals surface area (Å²) >= 11 is 5.36. The van der Waals surface area contributed by atoms with E-state index in [2.05, 4.69) is 69.2 Å². The molecule has 106 valence electrons. The van der Waals surface area contributed by atoms with Crippen molar-refractivity contribution in [3.63, 3.8) is 0 Å². The van der Waals surface area contributed by atoms with E-state index in [0.29, 0.717) is 5.92 Å². The van der Waals surface area contributed by atoms with Gasteiger partial charge in [-0.25, -0.2) is 9.98 Å². The first-order chi connectivity index (χ1) is 10.7. The minimum absolute atomic E-state index is 0.331. The SMILES string of the molecule is CC1C(c2ccc(Br)s2)=Cc2cccc3c2=C1C1=NC=NC=31. The molecule has 0 spiro atoms. The van der Waals surface area contributed by atoms with Crippen LogP contribution in [-0.2, 0) is 0 Å². The molecule has 2 heterocycles. The Balaban J connectivity index is 1.85. The summed E-state index contributed by atoms with van der Waals surface area (Å²) in [6, 6.07) is 10.8. The largest absolute Gasteiger partial charge is 0.234 e. The summed E-state index contributed by atoms with van der Waals surface area (Å²) < 4.78 is 1.17. The molecule has 1 aliphatic heterocycles. The lowest BCUT2D eigenvalue weighted by atomic mass is 9.83. The maximum absolute atomic E-state index is 4.54. The molecule has 0 fully saturated rings. The zero-order valence-electron chi connectivity index (χ0n) is 11.8. The van der Waals surface area contributed by atoms with E-state index in [0.717, 1.165) is 11.4 Å². The fourth-order valence-corrected chi connectivity index (χ4v) is 5.08. The summed E-state index contributed by atoms with van der Waals surface area (Å²) in [6.07, 6.45) is 4.01. The summed E-state index contributed by atoms with van der Waals surface area (Å²) in [4.78, 5) is 10.3. The van der Waals surface area contributed by atoms with Crippen LogP contribution in [-0.4, -0.2) is 12.1 Å². The first-order valence-electron chi connectivity index (χ1n) is 7.20. The van der Waals surface area contributed by atoms with Crippen molar-refractivity contribution in [2.24, 2.45) is 15.9 Å². The highest BCUT2D eigenvalue weighted by Crippen LogP contribution is 2.40. The number of fused-ring (bicyclic) bond motifs is 2. The Morgan fingerprint density at radius 1 is 1.18 bits per heavy atom. The quantitative estimate of drug-likeness (QED) is 0.738. The van der Waals surface area contributed by atoms with Crippen molar-refractivity contribution < 1.29 is 0 Å². The number of hydrogen-bond donors (Lipinski definition) is 0. The number of halogens is 1. The zero-order valence-corrected chi connectivity index (χ0v) is 14.2. The summed E-state index contributed by atoms with van der Waals surface area (Å²) in [6.45, 7) is 2.28. The number of aliphatic imine (C=N–C) groups is 2. The first kappa shape index (κ1) is 12.7. The lowest BCUT2D eigenvalue weighted by Crippen LogP contribution is -2.30. The van der Waals surface area contributed by atoms with Crippen molar-refractivity contribution >= 4 is 62.2 Å². The van der Waals surface area contributed by atoms with Crippen LogP contribution in [0.1, 0.15) is 17.4 Å². The van der Waals surface area contributed by atoms with Gasteiger partial charge >= 0.3 is 0 Å². The van der Waals surface area contributed by atoms with Gasteiger partial charge in [-0.3, -0.25) is 0 Å². The standard InChI is InChI=1S/C18H11BrN2S/c1-9-12(13-5-6-14(19)22-13)7-10-3-2-4-11-16(10)15(9)18-17(11)20-8-21-18/h2-9H,1H3. The topological polar surface area (TPSA) is 24.7 Å². The van der Waals surface area contributed by atoms with Gasteiger partial charge in [0.05, 0.1) is 15.2 Å². The molecular formula is C18H11BrN2S. The number of benzene rings is 1. The third kappa shape index (κ3) is 1.54. The van der Waals surface area contributed by atoms with Gasteiger partial charge in [0.2, 0.25) is 0 Å². The Labute approximate surface area is 140 Å². The molecule has 0 amide bonds. The van der Waals surface area contributed by atoms with Gasteiger partial charge in [-0.2, -0.15) is 0 Å². The van der Waals surface area contributed by atoms with E-state index >= 15 is 0 Å². The maximum Gasteiger partial charge on any atom is 0.116 e. The van der Waals surface area contributed by atoms with Crippen molar-refractivity contribution in [3.05, 3.63) is 55.0 Å². The van der Waals surface area contributed by atoms with Crippen LogP contribution in [0.4, 0.5) is 0 Å². The zero-order chi connectivity index (χ0) is 14.8. The Kier molecular flexibility index (Phi) is 2.53. The lowest BCUT2D eigenvalue weighted by molar-refractivity contribution is 1.00. The molecule has 1 atom stereocenters. The van der Waals surface area contributed by atoms with E-state index in [1.807, 2.05) is 0 Å². The Morgan fingerprint density at radius 2 is 2.09 bits per heavy atom. The summed E-state index contributed by atoms with van der Waals surface area (Å²) in [5, 5.41) is 2.56. The molecule has 4 heteroatoms. The van der Waals surface area contributed by atoms with Crippen molar-refractivity contribution in [2.75, 3.05) is 0 Å². The van der Waals surface area contributed by atoms with Crippen LogP contribution in [0.25, 0.3) is 22.9 Å². The van der Waals surface area contributed by atoms with E-state index in [-0.39, 0.29) is 0 Å². The Bertz CT molecular complexity index is 1050. The number of allylic oxidation sites excluding steroid dienone is 1. The number of thiophene rings is 1.